The summed E-state index contributed by atoms with van der Waals surface area (Å²) in [5.74, 6) is 0. The number of methoxy groups -OCH3 is 1. The van der Waals surface area contributed by atoms with Crippen LogP contribution in [0.1, 0.15) is 32.6 Å². The lowest BCUT2D eigenvalue weighted by Gasteiger charge is -2.24. The predicted molar refractivity (Wildman–Crippen MR) is 47.7 cm³/mol. The Hall–Kier alpha value is -0.235. The smallest absolute Gasteiger partial charge is 0.107 e. The molecule has 11 heavy (non-hydrogen) atoms. The monoisotopic (exact) mass is 150 g/mol. The molecule has 0 amide bonds. The van der Waals surface area contributed by atoms with Gasteiger partial charge in [-0.2, -0.15) is 0 Å². The first-order valence-corrected chi connectivity index (χ1v) is 4.27. The quantitative estimate of drug-likeness (QED) is 0.547. The second kappa shape index (κ2) is 3.96. The average molecular weight is 150 g/mol. The van der Waals surface area contributed by atoms with Crippen LogP contribution in [-0.2, 0) is 4.74 Å². The third kappa shape index (κ3) is 2.09. The summed E-state index contributed by atoms with van der Waals surface area (Å²) in [5.41, 5.74) is 2.49. The molecule has 2 radical (unpaired) electrons. The summed E-state index contributed by atoms with van der Waals surface area (Å²) in [5, 5.41) is 0. The van der Waals surface area contributed by atoms with Gasteiger partial charge >= 0.3 is 0 Å². The summed E-state index contributed by atoms with van der Waals surface area (Å²) in [7, 11) is 7.61. The zero-order valence-electron chi connectivity index (χ0n) is 7.39. The first-order chi connectivity index (χ1) is 5.27. The summed E-state index contributed by atoms with van der Waals surface area (Å²) >= 11 is 0. The lowest BCUT2D eigenvalue weighted by molar-refractivity contribution is 0.0913. The molecule has 0 aromatic rings. The van der Waals surface area contributed by atoms with Crippen molar-refractivity contribution in [3.05, 3.63) is 11.0 Å². The SMILES string of the molecule is [B]C1=C(CC)CC(OC)CC1. The third-order valence-electron chi connectivity index (χ3n) is 2.42. The normalized spacial score (nSPS) is 25.8. The van der Waals surface area contributed by atoms with Crippen LogP contribution in [0.25, 0.3) is 0 Å². The second-order valence-electron chi connectivity index (χ2n) is 3.08. The van der Waals surface area contributed by atoms with Crippen LogP contribution in [0, 0.1) is 0 Å². The maximum atomic E-state index is 5.83. The number of hydrogen-bond donors (Lipinski definition) is 0. The summed E-state index contributed by atoms with van der Waals surface area (Å²) < 4.78 is 5.28. The van der Waals surface area contributed by atoms with Crippen LogP contribution in [-0.4, -0.2) is 21.1 Å². The van der Waals surface area contributed by atoms with E-state index in [1.165, 1.54) is 5.57 Å². The van der Waals surface area contributed by atoms with Crippen molar-refractivity contribution in [1.29, 1.82) is 0 Å². The van der Waals surface area contributed by atoms with Crippen LogP contribution in [0.15, 0.2) is 11.0 Å². The Balaban J connectivity index is 2.58. The van der Waals surface area contributed by atoms with E-state index in [9.17, 15) is 0 Å². The number of rotatable bonds is 2. The van der Waals surface area contributed by atoms with Crippen LogP contribution in [0.3, 0.4) is 0 Å². The molecule has 0 saturated carbocycles. The van der Waals surface area contributed by atoms with Gasteiger partial charge in [0.15, 0.2) is 0 Å². The van der Waals surface area contributed by atoms with Crippen molar-refractivity contribution in [1.82, 2.24) is 0 Å². The van der Waals surface area contributed by atoms with E-state index in [1.807, 2.05) is 0 Å². The van der Waals surface area contributed by atoms with E-state index in [1.54, 1.807) is 7.11 Å². The van der Waals surface area contributed by atoms with Gasteiger partial charge in [0.25, 0.3) is 0 Å². The first kappa shape index (κ1) is 8.86. The molecule has 0 aromatic heterocycles. The summed E-state index contributed by atoms with van der Waals surface area (Å²) in [4.78, 5) is 0. The van der Waals surface area contributed by atoms with Crippen LogP contribution in [0.2, 0.25) is 0 Å². The molecule has 1 aliphatic carbocycles. The van der Waals surface area contributed by atoms with Gasteiger partial charge in [0.2, 0.25) is 0 Å². The Bertz CT molecular complexity index is 163. The maximum absolute atomic E-state index is 5.83. The highest BCUT2D eigenvalue weighted by Crippen LogP contribution is 2.26. The summed E-state index contributed by atoms with van der Waals surface area (Å²) in [6, 6.07) is 0. The molecule has 1 rings (SSSR count). The fourth-order valence-corrected chi connectivity index (χ4v) is 1.57. The highest BCUT2D eigenvalue weighted by molar-refractivity contribution is 6.22. The Morgan fingerprint density at radius 3 is 2.91 bits per heavy atom. The molecule has 0 spiro atoms. The molecule has 1 unspecified atom stereocenters. The lowest BCUT2D eigenvalue weighted by atomic mass is 9.78. The Kier molecular flexibility index (Phi) is 3.19. The van der Waals surface area contributed by atoms with Crippen LogP contribution in [0.5, 0.6) is 0 Å². The maximum Gasteiger partial charge on any atom is 0.107 e. The van der Waals surface area contributed by atoms with Crippen LogP contribution >= 0.6 is 0 Å². The predicted octanol–water partition coefficient (Wildman–Crippen LogP) is 2.02. The zero-order valence-corrected chi connectivity index (χ0v) is 7.39. The van der Waals surface area contributed by atoms with Gasteiger partial charge in [0, 0.05) is 7.11 Å². The van der Waals surface area contributed by atoms with Gasteiger partial charge in [-0.1, -0.05) is 12.5 Å². The largest absolute Gasteiger partial charge is 0.381 e. The molecule has 0 aliphatic heterocycles. The fourth-order valence-electron chi connectivity index (χ4n) is 1.57. The molecule has 0 heterocycles. The highest BCUT2D eigenvalue weighted by Gasteiger charge is 2.16. The zero-order chi connectivity index (χ0) is 8.27. The molecule has 60 valence electrons. The van der Waals surface area contributed by atoms with Gasteiger partial charge in [0.1, 0.15) is 7.85 Å². The molecule has 2 heteroatoms. The molecular weight excluding hydrogens is 135 g/mol. The Morgan fingerprint density at radius 2 is 2.36 bits per heavy atom. The van der Waals surface area contributed by atoms with Gasteiger partial charge in [-0.25, -0.2) is 0 Å². The van der Waals surface area contributed by atoms with Crippen molar-refractivity contribution < 1.29 is 4.74 Å². The highest BCUT2D eigenvalue weighted by atomic mass is 16.5. The second-order valence-corrected chi connectivity index (χ2v) is 3.08. The fraction of sp³-hybridized carbons (Fsp3) is 0.778. The number of allylic oxidation sites excluding steroid dienone is 1. The summed E-state index contributed by atoms with van der Waals surface area (Å²) in [6.45, 7) is 2.15. The molecule has 1 nitrogen and oxygen atoms in total. The number of hydrogen-bond acceptors (Lipinski definition) is 1. The van der Waals surface area contributed by atoms with Gasteiger partial charge in [-0.3, -0.25) is 0 Å². The molecule has 1 atom stereocenters. The molecule has 1 aliphatic rings. The third-order valence-corrected chi connectivity index (χ3v) is 2.42. The van der Waals surface area contributed by atoms with Crippen LogP contribution in [0.4, 0.5) is 0 Å². The minimum Gasteiger partial charge on any atom is -0.381 e. The molecule has 0 saturated heterocycles. The van der Waals surface area contributed by atoms with Crippen molar-refractivity contribution in [2.75, 3.05) is 7.11 Å². The van der Waals surface area contributed by atoms with Gasteiger partial charge in [-0.05, 0) is 25.7 Å². The molecule has 0 bridgehead atoms. The van der Waals surface area contributed by atoms with E-state index in [4.69, 9.17) is 12.6 Å². The minimum absolute atomic E-state index is 0.414. The standard InChI is InChI=1S/C9H15BO/c1-3-7-6-8(11-2)4-5-9(7)10/h8H,3-6H2,1-2H3. The molecule has 0 fully saturated rings. The van der Waals surface area contributed by atoms with Gasteiger partial charge in [0.05, 0.1) is 6.10 Å². The van der Waals surface area contributed by atoms with E-state index in [2.05, 4.69) is 6.92 Å². The van der Waals surface area contributed by atoms with Crippen LogP contribution < -0.4 is 0 Å². The minimum atomic E-state index is 0.414. The molecule has 0 N–H and O–H groups in total. The Morgan fingerprint density at radius 1 is 1.64 bits per heavy atom. The van der Waals surface area contributed by atoms with Gasteiger partial charge in [-0.15, -0.1) is 5.47 Å². The van der Waals surface area contributed by atoms with E-state index in [-0.39, 0.29) is 0 Å². The van der Waals surface area contributed by atoms with Crippen molar-refractivity contribution in [3.63, 3.8) is 0 Å². The average Bonchev–Trinajstić information content (AvgIpc) is 2.05. The van der Waals surface area contributed by atoms with Gasteiger partial charge < -0.3 is 4.74 Å². The van der Waals surface area contributed by atoms with Crippen molar-refractivity contribution in [3.8, 4) is 0 Å². The topological polar surface area (TPSA) is 9.23 Å². The van der Waals surface area contributed by atoms with Crippen molar-refractivity contribution >= 4 is 7.85 Å². The molecular formula is C9H15BO. The Labute approximate surface area is 70.2 Å². The van der Waals surface area contributed by atoms with Crippen molar-refractivity contribution in [2.24, 2.45) is 0 Å². The number of ether oxygens (including phenoxy) is 1. The first-order valence-electron chi connectivity index (χ1n) is 4.27. The van der Waals surface area contributed by atoms with E-state index in [0.29, 0.717) is 6.10 Å². The lowest BCUT2D eigenvalue weighted by Crippen LogP contribution is -2.17. The van der Waals surface area contributed by atoms with E-state index in [0.717, 1.165) is 31.2 Å². The van der Waals surface area contributed by atoms with Crippen molar-refractivity contribution in [2.45, 2.75) is 38.7 Å². The van der Waals surface area contributed by atoms with E-state index >= 15 is 0 Å². The summed E-state index contributed by atoms with van der Waals surface area (Å²) in [6.07, 6.45) is 4.63. The molecule has 0 aromatic carbocycles. The van der Waals surface area contributed by atoms with E-state index < -0.39 is 0 Å².